The molecule has 0 radical (unpaired) electrons. The van der Waals surface area contributed by atoms with E-state index in [1.807, 2.05) is 66.7 Å². The van der Waals surface area contributed by atoms with E-state index in [2.05, 4.69) is 23.9 Å². The molecule has 0 aliphatic carbocycles. The summed E-state index contributed by atoms with van der Waals surface area (Å²) in [6.45, 7) is 7.42. The number of piperidine rings is 1. The molecular weight excluding hydrogens is 675 g/mol. The number of sulfonamides is 1. The van der Waals surface area contributed by atoms with Crippen LogP contribution in [-0.4, -0.2) is 75.1 Å². The third-order valence-electron chi connectivity index (χ3n) is 8.95. The molecule has 1 heterocycles. The van der Waals surface area contributed by atoms with E-state index in [1.54, 1.807) is 23.1 Å². The van der Waals surface area contributed by atoms with E-state index in [0.717, 1.165) is 36.0 Å². The molecular formula is C38H49N3O7S2. The number of rotatable bonds is 17. The van der Waals surface area contributed by atoms with Crippen molar-refractivity contribution in [1.82, 2.24) is 14.9 Å². The fourth-order valence-electron chi connectivity index (χ4n) is 5.86. The zero-order chi connectivity index (χ0) is 36.0. The molecule has 0 bridgehead atoms. The van der Waals surface area contributed by atoms with Crippen LogP contribution in [0.5, 0.6) is 0 Å². The molecule has 3 aromatic rings. The van der Waals surface area contributed by atoms with E-state index in [-0.39, 0.29) is 29.1 Å². The summed E-state index contributed by atoms with van der Waals surface area (Å²) in [6.07, 6.45) is 2.35. The number of benzene rings is 3. The van der Waals surface area contributed by atoms with Gasteiger partial charge in [-0.15, -0.1) is 0 Å². The van der Waals surface area contributed by atoms with Gasteiger partial charge in [0, 0.05) is 37.7 Å². The van der Waals surface area contributed by atoms with Crippen LogP contribution in [0, 0.1) is 5.92 Å². The van der Waals surface area contributed by atoms with Crippen LogP contribution in [0.4, 0.5) is 4.79 Å². The van der Waals surface area contributed by atoms with Crippen LogP contribution >= 0.6 is 11.8 Å². The number of nitrogens with zero attached hydrogens (tertiary/aromatic N) is 1. The van der Waals surface area contributed by atoms with Gasteiger partial charge in [-0.1, -0.05) is 86.6 Å². The van der Waals surface area contributed by atoms with Crippen molar-refractivity contribution in [2.45, 2.75) is 69.4 Å². The summed E-state index contributed by atoms with van der Waals surface area (Å²) in [7, 11) is -4.06. The second-order valence-corrected chi connectivity index (χ2v) is 15.9. The summed E-state index contributed by atoms with van der Waals surface area (Å²) in [5.74, 6) is 0.591. The lowest BCUT2D eigenvalue weighted by molar-refractivity contribution is -0.141. The number of amides is 2. The molecule has 1 fully saturated rings. The van der Waals surface area contributed by atoms with Crippen molar-refractivity contribution in [3.63, 3.8) is 0 Å². The van der Waals surface area contributed by atoms with Gasteiger partial charge in [-0.05, 0) is 66.2 Å². The Hall–Kier alpha value is -3.87. The van der Waals surface area contributed by atoms with E-state index in [9.17, 15) is 22.8 Å². The number of carbonyl (C=O) groups excluding carboxylic acids is 3. The number of esters is 1. The Kier molecular flexibility index (Phi) is 14.7. The highest BCUT2D eigenvalue weighted by Crippen LogP contribution is 2.32. The Balaban J connectivity index is 1.37. The maximum Gasteiger partial charge on any atom is 0.407 e. The Morgan fingerprint density at radius 2 is 1.58 bits per heavy atom. The molecule has 270 valence electrons. The Labute approximate surface area is 300 Å². The number of thioether (sulfide) groups is 1. The van der Waals surface area contributed by atoms with Crippen LogP contribution in [0.3, 0.4) is 0 Å². The van der Waals surface area contributed by atoms with Crippen molar-refractivity contribution < 1.29 is 32.3 Å². The number of carbonyl (C=O) groups is 3. The van der Waals surface area contributed by atoms with Crippen LogP contribution in [0.15, 0.2) is 89.8 Å². The molecule has 0 saturated carbocycles. The molecule has 3 aromatic carbocycles. The van der Waals surface area contributed by atoms with Crippen molar-refractivity contribution >= 4 is 39.8 Å². The first-order valence-electron chi connectivity index (χ1n) is 17.1. The number of ether oxygens (including phenoxy) is 2. The minimum atomic E-state index is -4.06. The standard InChI is InChI=1S/C38H49N3O7S2/c1-29(42)47-24-20-30-18-22-41(23-19-30)36(43)35(28-49-25-11-21-39-37(44)48-27-31-12-6-4-7-13-31)40-50(45,46)34-17-10-16-33(26-34)38(2,3)32-14-8-5-9-15-32/h4-10,12-17,26,30,35,40H,11,18-25,27-28H2,1-3H3,(H,39,44)/t35-/m0/s1. The summed E-state index contributed by atoms with van der Waals surface area (Å²) >= 11 is 1.46. The first-order chi connectivity index (χ1) is 24.0. The van der Waals surface area contributed by atoms with Crippen molar-refractivity contribution in [2.24, 2.45) is 5.92 Å². The molecule has 10 nitrogen and oxygen atoms in total. The van der Waals surface area contributed by atoms with E-state index in [0.29, 0.717) is 44.3 Å². The van der Waals surface area contributed by atoms with Crippen LogP contribution in [0.25, 0.3) is 0 Å². The van der Waals surface area contributed by atoms with Crippen molar-refractivity contribution in [3.05, 3.63) is 102 Å². The lowest BCUT2D eigenvalue weighted by Crippen LogP contribution is -2.52. The predicted octanol–water partition coefficient (Wildman–Crippen LogP) is 5.90. The molecule has 1 aliphatic heterocycles. The van der Waals surface area contributed by atoms with Gasteiger partial charge in [-0.2, -0.15) is 16.5 Å². The Morgan fingerprint density at radius 3 is 2.26 bits per heavy atom. The highest BCUT2D eigenvalue weighted by molar-refractivity contribution is 7.99. The quantitative estimate of drug-likeness (QED) is 0.130. The number of alkyl carbamates (subject to hydrolysis) is 1. The van der Waals surface area contributed by atoms with Gasteiger partial charge in [0.1, 0.15) is 12.6 Å². The van der Waals surface area contributed by atoms with Gasteiger partial charge in [-0.25, -0.2) is 13.2 Å². The van der Waals surface area contributed by atoms with Crippen molar-refractivity contribution in [2.75, 3.05) is 37.7 Å². The molecule has 12 heteroatoms. The largest absolute Gasteiger partial charge is 0.466 e. The van der Waals surface area contributed by atoms with Gasteiger partial charge in [0.15, 0.2) is 0 Å². The van der Waals surface area contributed by atoms with E-state index >= 15 is 0 Å². The molecule has 0 spiro atoms. The minimum Gasteiger partial charge on any atom is -0.466 e. The first kappa shape index (κ1) is 38.9. The van der Waals surface area contributed by atoms with Gasteiger partial charge in [0.05, 0.1) is 11.5 Å². The average molecular weight is 724 g/mol. The average Bonchev–Trinajstić information content (AvgIpc) is 3.12. The molecule has 1 saturated heterocycles. The zero-order valence-corrected chi connectivity index (χ0v) is 30.8. The number of likely N-dealkylation sites (tertiary alicyclic amines) is 1. The second-order valence-electron chi connectivity index (χ2n) is 13.0. The summed E-state index contributed by atoms with van der Waals surface area (Å²) in [6, 6.07) is 25.2. The molecule has 50 heavy (non-hydrogen) atoms. The number of nitrogens with one attached hydrogen (secondary N) is 2. The van der Waals surface area contributed by atoms with Gasteiger partial charge < -0.3 is 19.7 Å². The maximum atomic E-state index is 13.9. The molecule has 0 unspecified atom stereocenters. The van der Waals surface area contributed by atoms with Gasteiger partial charge in [-0.3, -0.25) is 9.59 Å². The molecule has 2 N–H and O–H groups in total. The van der Waals surface area contributed by atoms with Gasteiger partial charge in [0.25, 0.3) is 0 Å². The lowest BCUT2D eigenvalue weighted by Gasteiger charge is -2.34. The molecule has 2 amide bonds. The lowest BCUT2D eigenvalue weighted by atomic mass is 9.78. The Bertz CT molecular complexity index is 1650. The smallest absolute Gasteiger partial charge is 0.407 e. The molecule has 4 rings (SSSR count). The number of hydrogen-bond donors (Lipinski definition) is 2. The first-order valence-corrected chi connectivity index (χ1v) is 19.7. The van der Waals surface area contributed by atoms with E-state index in [1.165, 1.54) is 18.7 Å². The normalized spacial score (nSPS) is 14.5. The van der Waals surface area contributed by atoms with E-state index in [4.69, 9.17) is 9.47 Å². The van der Waals surface area contributed by atoms with E-state index < -0.39 is 27.6 Å². The Morgan fingerprint density at radius 1 is 0.920 bits per heavy atom. The summed E-state index contributed by atoms with van der Waals surface area (Å²) < 4.78 is 40.8. The fraction of sp³-hybridized carbons (Fsp3) is 0.447. The topological polar surface area (TPSA) is 131 Å². The highest BCUT2D eigenvalue weighted by Gasteiger charge is 2.32. The van der Waals surface area contributed by atoms with Crippen molar-refractivity contribution in [3.8, 4) is 0 Å². The maximum absolute atomic E-state index is 13.9. The minimum absolute atomic E-state index is 0.101. The predicted molar refractivity (Wildman–Crippen MR) is 196 cm³/mol. The molecule has 1 atom stereocenters. The van der Waals surface area contributed by atoms with Gasteiger partial charge >= 0.3 is 12.1 Å². The molecule has 1 aliphatic rings. The van der Waals surface area contributed by atoms with Crippen LogP contribution in [-0.2, 0) is 41.1 Å². The highest BCUT2D eigenvalue weighted by atomic mass is 32.2. The zero-order valence-electron chi connectivity index (χ0n) is 29.1. The number of hydrogen-bond acceptors (Lipinski definition) is 8. The fourth-order valence-corrected chi connectivity index (χ4v) is 8.17. The molecule has 0 aromatic heterocycles. The van der Waals surface area contributed by atoms with Crippen LogP contribution in [0.2, 0.25) is 0 Å². The van der Waals surface area contributed by atoms with Crippen LogP contribution < -0.4 is 10.0 Å². The third kappa shape index (κ3) is 11.9. The summed E-state index contributed by atoms with van der Waals surface area (Å²) in [5.41, 5.74) is 2.35. The second kappa shape index (κ2) is 18.9. The monoisotopic (exact) mass is 723 g/mol. The van der Waals surface area contributed by atoms with Crippen LogP contribution in [0.1, 0.15) is 63.1 Å². The third-order valence-corrected chi connectivity index (χ3v) is 11.6. The van der Waals surface area contributed by atoms with Crippen molar-refractivity contribution in [1.29, 1.82) is 0 Å². The SMILES string of the molecule is CC(=O)OCCC1CCN(C(=O)[C@H](CSCCCNC(=O)OCc2ccccc2)NS(=O)(=O)c2cccc(C(C)(C)c3ccccc3)c2)CC1. The van der Waals surface area contributed by atoms with Gasteiger partial charge in [0.2, 0.25) is 15.9 Å². The summed E-state index contributed by atoms with van der Waals surface area (Å²) in [5, 5.41) is 2.74. The summed E-state index contributed by atoms with van der Waals surface area (Å²) in [4.78, 5) is 38.9.